The van der Waals surface area contributed by atoms with Crippen LogP contribution >= 0.6 is 0 Å². The molecule has 2 rings (SSSR count). The molecule has 1 saturated heterocycles. The Labute approximate surface area is 75.8 Å². The van der Waals surface area contributed by atoms with Crippen LogP contribution in [0.15, 0.2) is 10.7 Å². The zero-order chi connectivity index (χ0) is 9.10. The second-order valence-corrected chi connectivity index (χ2v) is 2.82. The summed E-state index contributed by atoms with van der Waals surface area (Å²) >= 11 is 0. The second-order valence-electron chi connectivity index (χ2n) is 2.82. The molecule has 1 aromatic heterocycles. The van der Waals surface area contributed by atoms with Crippen molar-refractivity contribution < 1.29 is 13.9 Å². The summed E-state index contributed by atoms with van der Waals surface area (Å²) in [7, 11) is 0. The number of nitrogens with two attached hydrogens (primary N) is 1. The summed E-state index contributed by atoms with van der Waals surface area (Å²) in [5.41, 5.74) is 6.14. The molecule has 0 saturated carbocycles. The molecule has 1 aliphatic rings. The highest BCUT2D eigenvalue weighted by molar-refractivity contribution is 4.98. The van der Waals surface area contributed by atoms with Gasteiger partial charge in [0.1, 0.15) is 6.26 Å². The Morgan fingerprint density at radius 1 is 1.54 bits per heavy atom. The first-order valence-electron chi connectivity index (χ1n) is 4.24. The van der Waals surface area contributed by atoms with Crippen LogP contribution in [0.2, 0.25) is 0 Å². The Hall–Kier alpha value is -0.910. The Balaban J connectivity index is 2.05. The Kier molecular flexibility index (Phi) is 2.58. The number of hydrogen-bond acceptors (Lipinski definition) is 5. The predicted molar refractivity (Wildman–Crippen MR) is 43.9 cm³/mol. The molecule has 13 heavy (non-hydrogen) atoms. The van der Waals surface area contributed by atoms with Crippen LogP contribution in [0.4, 0.5) is 0 Å². The van der Waals surface area contributed by atoms with Gasteiger partial charge in [-0.1, -0.05) is 0 Å². The SMILES string of the molecule is NCc1coc(C2COCCO2)n1. The highest BCUT2D eigenvalue weighted by Gasteiger charge is 2.21. The molecule has 2 N–H and O–H groups in total. The molecule has 0 aromatic carbocycles. The molecule has 0 bridgehead atoms. The molecule has 5 nitrogen and oxygen atoms in total. The summed E-state index contributed by atoms with van der Waals surface area (Å²) in [5.74, 6) is 0.556. The first kappa shape index (κ1) is 8.68. The van der Waals surface area contributed by atoms with Gasteiger partial charge in [-0.2, -0.15) is 0 Å². The third-order valence-corrected chi connectivity index (χ3v) is 1.87. The van der Waals surface area contributed by atoms with E-state index >= 15 is 0 Å². The molecule has 0 radical (unpaired) electrons. The molecule has 1 fully saturated rings. The van der Waals surface area contributed by atoms with Crippen molar-refractivity contribution in [2.24, 2.45) is 5.73 Å². The molecule has 2 heterocycles. The monoisotopic (exact) mass is 184 g/mol. The lowest BCUT2D eigenvalue weighted by Crippen LogP contribution is -2.22. The molecule has 1 aromatic rings. The number of hydrogen-bond donors (Lipinski definition) is 1. The van der Waals surface area contributed by atoms with Gasteiger partial charge >= 0.3 is 0 Å². The lowest BCUT2D eigenvalue weighted by molar-refractivity contribution is -0.0996. The van der Waals surface area contributed by atoms with Crippen LogP contribution in [0, 0.1) is 0 Å². The van der Waals surface area contributed by atoms with Crippen LogP contribution in [-0.4, -0.2) is 24.8 Å². The van der Waals surface area contributed by atoms with E-state index in [1.807, 2.05) is 0 Å². The topological polar surface area (TPSA) is 70.5 Å². The van der Waals surface area contributed by atoms with Gasteiger partial charge in [-0.05, 0) is 0 Å². The van der Waals surface area contributed by atoms with Crippen molar-refractivity contribution in [2.75, 3.05) is 19.8 Å². The fraction of sp³-hybridized carbons (Fsp3) is 0.625. The first-order valence-corrected chi connectivity index (χ1v) is 4.24. The van der Waals surface area contributed by atoms with Crippen molar-refractivity contribution in [3.63, 3.8) is 0 Å². The zero-order valence-corrected chi connectivity index (χ0v) is 7.23. The number of nitrogens with zero attached hydrogens (tertiary/aromatic N) is 1. The number of ether oxygens (including phenoxy) is 2. The Bertz CT molecular complexity index is 268. The van der Waals surface area contributed by atoms with Gasteiger partial charge in [0.25, 0.3) is 0 Å². The molecule has 0 amide bonds. The molecule has 5 heteroatoms. The summed E-state index contributed by atoms with van der Waals surface area (Å²) in [4.78, 5) is 4.16. The molecular weight excluding hydrogens is 172 g/mol. The van der Waals surface area contributed by atoms with E-state index in [-0.39, 0.29) is 6.10 Å². The summed E-state index contributed by atoms with van der Waals surface area (Å²) in [6.07, 6.45) is 1.38. The van der Waals surface area contributed by atoms with E-state index < -0.39 is 0 Å². The molecule has 0 spiro atoms. The minimum atomic E-state index is -0.172. The largest absolute Gasteiger partial charge is 0.446 e. The summed E-state index contributed by atoms with van der Waals surface area (Å²) in [6, 6.07) is 0. The maximum absolute atomic E-state index is 5.40. The van der Waals surface area contributed by atoms with Gasteiger partial charge in [0, 0.05) is 6.54 Å². The Morgan fingerprint density at radius 3 is 3.08 bits per heavy atom. The lowest BCUT2D eigenvalue weighted by atomic mass is 10.3. The van der Waals surface area contributed by atoms with Crippen LogP contribution in [0.25, 0.3) is 0 Å². The van der Waals surface area contributed by atoms with Crippen molar-refractivity contribution >= 4 is 0 Å². The third kappa shape index (κ3) is 1.88. The average molecular weight is 184 g/mol. The molecular formula is C8H12N2O3. The normalized spacial score (nSPS) is 23.3. The van der Waals surface area contributed by atoms with Crippen molar-refractivity contribution in [3.05, 3.63) is 17.8 Å². The van der Waals surface area contributed by atoms with E-state index in [0.717, 1.165) is 5.69 Å². The predicted octanol–water partition coefficient (Wildman–Crippen LogP) is 0.221. The lowest BCUT2D eigenvalue weighted by Gasteiger charge is -2.19. The van der Waals surface area contributed by atoms with Gasteiger partial charge in [0.15, 0.2) is 6.10 Å². The van der Waals surface area contributed by atoms with Crippen LogP contribution in [0.1, 0.15) is 17.7 Å². The maximum Gasteiger partial charge on any atom is 0.225 e. The van der Waals surface area contributed by atoms with Gasteiger partial charge in [-0.25, -0.2) is 4.98 Å². The van der Waals surface area contributed by atoms with Gasteiger partial charge < -0.3 is 19.6 Å². The number of aromatic nitrogens is 1. The van der Waals surface area contributed by atoms with Gasteiger partial charge in [-0.15, -0.1) is 0 Å². The summed E-state index contributed by atoms with van der Waals surface area (Å²) < 4.78 is 15.8. The maximum atomic E-state index is 5.40. The minimum absolute atomic E-state index is 0.172. The summed E-state index contributed by atoms with van der Waals surface area (Å²) in [5, 5.41) is 0. The molecule has 0 aliphatic carbocycles. The fourth-order valence-electron chi connectivity index (χ4n) is 1.19. The van der Waals surface area contributed by atoms with Crippen molar-refractivity contribution in [2.45, 2.75) is 12.6 Å². The highest BCUT2D eigenvalue weighted by Crippen LogP contribution is 2.19. The molecule has 72 valence electrons. The van der Waals surface area contributed by atoms with Crippen molar-refractivity contribution in [1.82, 2.24) is 4.98 Å². The first-order chi connectivity index (χ1) is 6.40. The van der Waals surface area contributed by atoms with Gasteiger partial charge in [-0.3, -0.25) is 0 Å². The van der Waals surface area contributed by atoms with E-state index in [1.54, 1.807) is 6.26 Å². The molecule has 1 atom stereocenters. The average Bonchev–Trinajstić information content (AvgIpc) is 2.67. The zero-order valence-electron chi connectivity index (χ0n) is 7.23. The fourth-order valence-corrected chi connectivity index (χ4v) is 1.19. The molecule has 1 unspecified atom stereocenters. The number of oxazole rings is 1. The second kappa shape index (κ2) is 3.87. The minimum Gasteiger partial charge on any atom is -0.446 e. The Morgan fingerprint density at radius 2 is 2.46 bits per heavy atom. The van der Waals surface area contributed by atoms with Crippen LogP contribution in [-0.2, 0) is 16.0 Å². The van der Waals surface area contributed by atoms with Crippen molar-refractivity contribution in [1.29, 1.82) is 0 Å². The van der Waals surface area contributed by atoms with E-state index in [1.165, 1.54) is 0 Å². The van der Waals surface area contributed by atoms with Crippen LogP contribution in [0.3, 0.4) is 0 Å². The number of rotatable bonds is 2. The van der Waals surface area contributed by atoms with Gasteiger partial charge in [0.2, 0.25) is 5.89 Å². The van der Waals surface area contributed by atoms with Crippen LogP contribution < -0.4 is 5.73 Å². The van der Waals surface area contributed by atoms with E-state index in [4.69, 9.17) is 19.6 Å². The van der Waals surface area contributed by atoms with E-state index in [0.29, 0.717) is 32.3 Å². The standard InChI is InChI=1S/C8H12N2O3/c9-3-6-4-13-8(10-6)7-5-11-1-2-12-7/h4,7H,1-3,5,9H2. The van der Waals surface area contributed by atoms with E-state index in [2.05, 4.69) is 4.98 Å². The van der Waals surface area contributed by atoms with Crippen molar-refractivity contribution in [3.8, 4) is 0 Å². The highest BCUT2D eigenvalue weighted by atomic mass is 16.6. The summed E-state index contributed by atoms with van der Waals surface area (Å²) in [6.45, 7) is 2.12. The smallest absolute Gasteiger partial charge is 0.225 e. The van der Waals surface area contributed by atoms with E-state index in [9.17, 15) is 0 Å². The third-order valence-electron chi connectivity index (χ3n) is 1.87. The van der Waals surface area contributed by atoms with Gasteiger partial charge in [0.05, 0.1) is 25.5 Å². The quantitative estimate of drug-likeness (QED) is 0.712. The molecule has 1 aliphatic heterocycles. The van der Waals surface area contributed by atoms with Crippen LogP contribution in [0.5, 0.6) is 0 Å².